The van der Waals surface area contributed by atoms with E-state index in [1.807, 2.05) is 11.3 Å². The lowest BCUT2D eigenvalue weighted by Crippen LogP contribution is -2.31. The van der Waals surface area contributed by atoms with Gasteiger partial charge in [0.2, 0.25) is 0 Å². The number of nitrogens with zero attached hydrogens (tertiary/aromatic N) is 1. The number of hydrogen-bond donors (Lipinski definition) is 0. The fraction of sp³-hybridized carbons (Fsp3) is 0.667. The van der Waals surface area contributed by atoms with Gasteiger partial charge < -0.3 is 0 Å². The SMILES string of the molecule is CC1CCCCCN1Cc1sccc1Br. The summed E-state index contributed by atoms with van der Waals surface area (Å²) in [5, 5.41) is 2.17. The van der Waals surface area contributed by atoms with Crippen LogP contribution in [0.15, 0.2) is 15.9 Å². The van der Waals surface area contributed by atoms with Gasteiger partial charge in [-0.05, 0) is 53.7 Å². The van der Waals surface area contributed by atoms with E-state index in [9.17, 15) is 0 Å². The number of hydrogen-bond acceptors (Lipinski definition) is 2. The molecule has 1 unspecified atom stereocenters. The molecule has 15 heavy (non-hydrogen) atoms. The van der Waals surface area contributed by atoms with E-state index >= 15 is 0 Å². The van der Waals surface area contributed by atoms with Crippen LogP contribution in [0.3, 0.4) is 0 Å². The van der Waals surface area contributed by atoms with Crippen LogP contribution >= 0.6 is 27.3 Å². The Morgan fingerprint density at radius 2 is 2.33 bits per heavy atom. The molecule has 1 nitrogen and oxygen atoms in total. The first-order valence-electron chi connectivity index (χ1n) is 5.73. The van der Waals surface area contributed by atoms with Crippen LogP contribution in [0.1, 0.15) is 37.5 Å². The largest absolute Gasteiger partial charge is 0.296 e. The molecule has 1 aliphatic heterocycles. The summed E-state index contributed by atoms with van der Waals surface area (Å²) in [4.78, 5) is 4.10. The van der Waals surface area contributed by atoms with Crippen molar-refractivity contribution in [2.24, 2.45) is 0 Å². The van der Waals surface area contributed by atoms with Gasteiger partial charge in [-0.25, -0.2) is 0 Å². The molecular weight excluding hydrogens is 270 g/mol. The predicted molar refractivity (Wildman–Crippen MR) is 70.4 cm³/mol. The summed E-state index contributed by atoms with van der Waals surface area (Å²) in [6, 6.07) is 2.91. The monoisotopic (exact) mass is 287 g/mol. The maximum absolute atomic E-state index is 3.62. The van der Waals surface area contributed by atoms with E-state index in [0.717, 1.165) is 12.6 Å². The van der Waals surface area contributed by atoms with Crippen LogP contribution in [-0.4, -0.2) is 17.5 Å². The molecule has 2 heterocycles. The van der Waals surface area contributed by atoms with Crippen molar-refractivity contribution in [3.05, 3.63) is 20.8 Å². The van der Waals surface area contributed by atoms with E-state index in [-0.39, 0.29) is 0 Å². The fourth-order valence-corrected chi connectivity index (χ4v) is 3.69. The molecule has 1 fully saturated rings. The standard InChI is InChI=1S/C12H18BrNS/c1-10-5-3-2-4-7-14(10)9-12-11(13)6-8-15-12/h6,8,10H,2-5,7,9H2,1H3. The van der Waals surface area contributed by atoms with Gasteiger partial charge in [0.05, 0.1) is 0 Å². The highest BCUT2D eigenvalue weighted by atomic mass is 79.9. The summed E-state index contributed by atoms with van der Waals surface area (Å²) in [5.41, 5.74) is 0. The molecule has 1 aromatic heterocycles. The Kier molecular flexibility index (Phi) is 4.23. The minimum absolute atomic E-state index is 0.751. The van der Waals surface area contributed by atoms with Gasteiger partial charge in [-0.1, -0.05) is 12.8 Å². The fourth-order valence-electron chi connectivity index (χ4n) is 2.19. The maximum Gasteiger partial charge on any atom is 0.0342 e. The van der Waals surface area contributed by atoms with Crippen molar-refractivity contribution in [1.29, 1.82) is 0 Å². The Balaban J connectivity index is 2.00. The average molecular weight is 288 g/mol. The van der Waals surface area contributed by atoms with Gasteiger partial charge in [-0.2, -0.15) is 0 Å². The third-order valence-corrected chi connectivity index (χ3v) is 5.14. The van der Waals surface area contributed by atoms with Crippen molar-refractivity contribution in [3.8, 4) is 0 Å². The Bertz CT molecular complexity index is 310. The summed E-state index contributed by atoms with van der Waals surface area (Å²) in [6.45, 7) is 4.76. The second-order valence-electron chi connectivity index (χ2n) is 4.36. The normalized spacial score (nSPS) is 24.0. The van der Waals surface area contributed by atoms with E-state index in [1.54, 1.807) is 0 Å². The highest BCUT2D eigenvalue weighted by molar-refractivity contribution is 9.10. The maximum atomic E-state index is 3.62. The molecule has 0 N–H and O–H groups in total. The van der Waals surface area contributed by atoms with Crippen LogP contribution in [0.4, 0.5) is 0 Å². The lowest BCUT2D eigenvalue weighted by atomic mass is 10.1. The van der Waals surface area contributed by atoms with Gasteiger partial charge in [0, 0.05) is 21.9 Å². The first-order valence-corrected chi connectivity index (χ1v) is 7.40. The number of rotatable bonds is 2. The first-order chi connectivity index (χ1) is 7.27. The third kappa shape index (κ3) is 3.05. The Morgan fingerprint density at radius 3 is 3.07 bits per heavy atom. The molecule has 1 atom stereocenters. The molecule has 0 amide bonds. The highest BCUT2D eigenvalue weighted by Gasteiger charge is 2.18. The molecule has 84 valence electrons. The van der Waals surface area contributed by atoms with Gasteiger partial charge >= 0.3 is 0 Å². The van der Waals surface area contributed by atoms with E-state index in [4.69, 9.17) is 0 Å². The minimum atomic E-state index is 0.751. The smallest absolute Gasteiger partial charge is 0.0342 e. The molecule has 0 radical (unpaired) electrons. The zero-order valence-corrected chi connectivity index (χ0v) is 11.6. The zero-order chi connectivity index (χ0) is 10.7. The van der Waals surface area contributed by atoms with Crippen molar-refractivity contribution < 1.29 is 0 Å². The molecule has 0 aliphatic carbocycles. The molecule has 0 aromatic carbocycles. The zero-order valence-electron chi connectivity index (χ0n) is 9.21. The topological polar surface area (TPSA) is 3.24 Å². The Labute approximate surface area is 105 Å². The Morgan fingerprint density at radius 1 is 1.47 bits per heavy atom. The van der Waals surface area contributed by atoms with Crippen LogP contribution < -0.4 is 0 Å². The molecule has 0 bridgehead atoms. The second-order valence-corrected chi connectivity index (χ2v) is 6.22. The third-order valence-electron chi connectivity index (χ3n) is 3.23. The minimum Gasteiger partial charge on any atom is -0.296 e. The first kappa shape index (κ1) is 11.6. The van der Waals surface area contributed by atoms with Crippen molar-refractivity contribution in [1.82, 2.24) is 4.90 Å². The molecular formula is C12H18BrNS. The molecule has 0 spiro atoms. The molecule has 0 saturated carbocycles. The Hall–Kier alpha value is 0.140. The van der Waals surface area contributed by atoms with Crippen LogP contribution in [0.5, 0.6) is 0 Å². The van der Waals surface area contributed by atoms with Gasteiger partial charge in [0.25, 0.3) is 0 Å². The highest BCUT2D eigenvalue weighted by Crippen LogP contribution is 2.26. The van der Waals surface area contributed by atoms with Crippen LogP contribution in [0.25, 0.3) is 0 Å². The average Bonchev–Trinajstić information content (AvgIpc) is 2.50. The predicted octanol–water partition coefficient (Wildman–Crippen LogP) is 4.28. The molecule has 2 rings (SSSR count). The van der Waals surface area contributed by atoms with Gasteiger partial charge in [-0.3, -0.25) is 4.90 Å². The van der Waals surface area contributed by atoms with Crippen molar-refractivity contribution >= 4 is 27.3 Å². The summed E-state index contributed by atoms with van der Waals surface area (Å²) < 4.78 is 1.28. The number of halogens is 1. The summed E-state index contributed by atoms with van der Waals surface area (Å²) in [6.07, 6.45) is 5.55. The van der Waals surface area contributed by atoms with E-state index < -0.39 is 0 Å². The quantitative estimate of drug-likeness (QED) is 0.785. The van der Waals surface area contributed by atoms with Gasteiger partial charge in [0.1, 0.15) is 0 Å². The van der Waals surface area contributed by atoms with Crippen molar-refractivity contribution in [3.63, 3.8) is 0 Å². The van der Waals surface area contributed by atoms with E-state index in [0.29, 0.717) is 0 Å². The van der Waals surface area contributed by atoms with Gasteiger partial charge in [-0.15, -0.1) is 11.3 Å². The molecule has 1 aliphatic rings. The van der Waals surface area contributed by atoms with E-state index in [1.165, 1.54) is 41.6 Å². The van der Waals surface area contributed by atoms with E-state index in [2.05, 4.69) is 39.2 Å². The van der Waals surface area contributed by atoms with Crippen molar-refractivity contribution in [2.45, 2.75) is 45.2 Å². The molecule has 1 aromatic rings. The summed E-state index contributed by atoms with van der Waals surface area (Å²) >= 11 is 5.48. The molecule has 1 saturated heterocycles. The number of thiophene rings is 1. The van der Waals surface area contributed by atoms with Crippen molar-refractivity contribution in [2.75, 3.05) is 6.54 Å². The summed E-state index contributed by atoms with van der Waals surface area (Å²) in [7, 11) is 0. The molecule has 3 heteroatoms. The van der Waals surface area contributed by atoms with Crippen LogP contribution in [-0.2, 0) is 6.54 Å². The van der Waals surface area contributed by atoms with Gasteiger partial charge in [0.15, 0.2) is 0 Å². The lowest BCUT2D eigenvalue weighted by molar-refractivity contribution is 0.206. The number of likely N-dealkylation sites (tertiary alicyclic amines) is 1. The second kappa shape index (κ2) is 5.46. The van der Waals surface area contributed by atoms with Crippen LogP contribution in [0, 0.1) is 0 Å². The lowest BCUT2D eigenvalue weighted by Gasteiger charge is -2.26. The summed E-state index contributed by atoms with van der Waals surface area (Å²) in [5.74, 6) is 0. The van der Waals surface area contributed by atoms with Crippen LogP contribution in [0.2, 0.25) is 0 Å².